The van der Waals surface area contributed by atoms with E-state index < -0.39 is 0 Å². The maximum atomic E-state index is 4.56. The van der Waals surface area contributed by atoms with Crippen molar-refractivity contribution in [2.45, 2.75) is 52.1 Å². The lowest BCUT2D eigenvalue weighted by Crippen LogP contribution is -2.28. The van der Waals surface area contributed by atoms with Crippen molar-refractivity contribution in [3.8, 4) is 0 Å². The second-order valence-electron chi connectivity index (χ2n) is 6.72. The summed E-state index contributed by atoms with van der Waals surface area (Å²) < 4.78 is 0. The third-order valence-electron chi connectivity index (χ3n) is 5.04. The van der Waals surface area contributed by atoms with Crippen LogP contribution in [0.4, 0.5) is 0 Å². The molecule has 0 saturated heterocycles. The predicted octanol–water partition coefficient (Wildman–Crippen LogP) is 4.22. The summed E-state index contributed by atoms with van der Waals surface area (Å²) >= 11 is 0. The molecule has 0 radical (unpaired) electrons. The standard InChI is InChI=1S/C18H26N2/c1-13-3-5-15(6-4-13)16-7-9-17(10-8-16)18-19-11-14(2)12-20-18/h7,9-13,15-16,18-19H,3-6,8H2,1-2H3. The highest BCUT2D eigenvalue weighted by Gasteiger charge is 2.26. The molecular formula is C18H26N2. The number of hydrogen-bond donors (Lipinski definition) is 1. The van der Waals surface area contributed by atoms with E-state index >= 15 is 0 Å². The van der Waals surface area contributed by atoms with E-state index in [2.05, 4.69) is 48.6 Å². The predicted molar refractivity (Wildman–Crippen MR) is 85.6 cm³/mol. The highest BCUT2D eigenvalue weighted by Crippen LogP contribution is 2.37. The zero-order valence-corrected chi connectivity index (χ0v) is 12.7. The Labute approximate surface area is 122 Å². The summed E-state index contributed by atoms with van der Waals surface area (Å²) in [4.78, 5) is 4.56. The third-order valence-corrected chi connectivity index (χ3v) is 5.04. The summed E-state index contributed by atoms with van der Waals surface area (Å²) in [5.41, 5.74) is 2.52. The Hall–Kier alpha value is -1.31. The summed E-state index contributed by atoms with van der Waals surface area (Å²) in [5, 5.41) is 3.36. The van der Waals surface area contributed by atoms with Gasteiger partial charge in [0.2, 0.25) is 0 Å². The highest BCUT2D eigenvalue weighted by molar-refractivity contribution is 5.78. The Morgan fingerprint density at radius 1 is 1.20 bits per heavy atom. The Balaban J connectivity index is 1.56. The lowest BCUT2D eigenvalue weighted by molar-refractivity contribution is 0.239. The minimum atomic E-state index is 0.127. The zero-order chi connectivity index (χ0) is 13.9. The van der Waals surface area contributed by atoms with Crippen LogP contribution in [-0.4, -0.2) is 12.4 Å². The summed E-state index contributed by atoms with van der Waals surface area (Å²) in [6, 6.07) is 0. The number of allylic oxidation sites excluding steroid dienone is 3. The summed E-state index contributed by atoms with van der Waals surface area (Å²) in [5.74, 6) is 2.61. The van der Waals surface area contributed by atoms with Crippen LogP contribution in [0.2, 0.25) is 0 Å². The van der Waals surface area contributed by atoms with Crippen LogP contribution >= 0.6 is 0 Å². The first kappa shape index (κ1) is 13.7. The molecule has 0 aromatic carbocycles. The van der Waals surface area contributed by atoms with Crippen LogP contribution < -0.4 is 5.32 Å². The number of aliphatic imine (C=N–C) groups is 1. The molecule has 0 aromatic heterocycles. The normalized spacial score (nSPS) is 37.1. The van der Waals surface area contributed by atoms with E-state index in [0.29, 0.717) is 0 Å². The van der Waals surface area contributed by atoms with Crippen molar-refractivity contribution in [2.24, 2.45) is 22.7 Å². The minimum Gasteiger partial charge on any atom is -0.366 e. The first-order valence-corrected chi connectivity index (χ1v) is 8.06. The van der Waals surface area contributed by atoms with Crippen molar-refractivity contribution < 1.29 is 0 Å². The lowest BCUT2D eigenvalue weighted by Gasteiger charge is -2.32. The van der Waals surface area contributed by atoms with Gasteiger partial charge in [0.25, 0.3) is 0 Å². The van der Waals surface area contributed by atoms with Gasteiger partial charge in [-0.25, -0.2) is 0 Å². The van der Waals surface area contributed by atoms with E-state index in [1.165, 1.54) is 43.3 Å². The van der Waals surface area contributed by atoms with Crippen LogP contribution in [0.3, 0.4) is 0 Å². The van der Waals surface area contributed by atoms with Gasteiger partial charge < -0.3 is 5.32 Å². The van der Waals surface area contributed by atoms with Gasteiger partial charge in [0.05, 0.1) is 0 Å². The van der Waals surface area contributed by atoms with Gasteiger partial charge in [-0.3, -0.25) is 4.99 Å². The van der Waals surface area contributed by atoms with Crippen LogP contribution in [0.25, 0.3) is 0 Å². The molecule has 2 unspecified atom stereocenters. The fourth-order valence-corrected chi connectivity index (χ4v) is 3.58. The average Bonchev–Trinajstić information content (AvgIpc) is 2.49. The molecule has 3 rings (SSSR count). The smallest absolute Gasteiger partial charge is 0.143 e. The van der Waals surface area contributed by atoms with E-state index in [1.807, 2.05) is 6.21 Å². The number of rotatable bonds is 2. The average molecular weight is 270 g/mol. The summed E-state index contributed by atoms with van der Waals surface area (Å²) in [6.45, 7) is 4.46. The van der Waals surface area contributed by atoms with Crippen molar-refractivity contribution >= 4 is 6.21 Å². The molecule has 2 aliphatic carbocycles. The number of nitrogens with one attached hydrogen (secondary N) is 1. The van der Waals surface area contributed by atoms with Crippen LogP contribution in [0.1, 0.15) is 46.0 Å². The minimum absolute atomic E-state index is 0.127. The van der Waals surface area contributed by atoms with Gasteiger partial charge in [0.1, 0.15) is 6.17 Å². The van der Waals surface area contributed by atoms with Crippen molar-refractivity contribution in [3.05, 3.63) is 35.6 Å². The van der Waals surface area contributed by atoms with Crippen molar-refractivity contribution in [2.75, 3.05) is 0 Å². The molecule has 0 amide bonds. The Bertz CT molecular complexity index is 462. The van der Waals surface area contributed by atoms with Gasteiger partial charge in [-0.15, -0.1) is 0 Å². The molecule has 0 aromatic rings. The number of nitrogens with zero attached hydrogens (tertiary/aromatic N) is 1. The second kappa shape index (κ2) is 5.99. The molecule has 108 valence electrons. The van der Waals surface area contributed by atoms with E-state index in [-0.39, 0.29) is 6.17 Å². The van der Waals surface area contributed by atoms with Gasteiger partial charge in [0, 0.05) is 12.4 Å². The van der Waals surface area contributed by atoms with Crippen LogP contribution in [0.15, 0.2) is 40.6 Å². The van der Waals surface area contributed by atoms with Crippen molar-refractivity contribution in [1.82, 2.24) is 5.32 Å². The molecular weight excluding hydrogens is 244 g/mol. The van der Waals surface area contributed by atoms with Gasteiger partial charge in [-0.05, 0) is 55.1 Å². The van der Waals surface area contributed by atoms with E-state index in [9.17, 15) is 0 Å². The third kappa shape index (κ3) is 3.05. The molecule has 1 saturated carbocycles. The fraction of sp³-hybridized carbons (Fsp3) is 0.611. The SMILES string of the molecule is CC1=CNC(C2=CCC(C3CCC(C)CC3)C=C2)N=C1. The molecule has 1 N–H and O–H groups in total. The van der Waals surface area contributed by atoms with Crippen LogP contribution in [0.5, 0.6) is 0 Å². The maximum absolute atomic E-state index is 4.56. The molecule has 0 bridgehead atoms. The molecule has 2 heteroatoms. The maximum Gasteiger partial charge on any atom is 0.143 e. The second-order valence-corrected chi connectivity index (χ2v) is 6.72. The Kier molecular flexibility index (Phi) is 4.09. The fourth-order valence-electron chi connectivity index (χ4n) is 3.58. The first-order chi connectivity index (χ1) is 9.72. The molecule has 1 fully saturated rings. The number of hydrogen-bond acceptors (Lipinski definition) is 2. The van der Waals surface area contributed by atoms with E-state index in [0.717, 1.165) is 17.8 Å². The van der Waals surface area contributed by atoms with Crippen LogP contribution in [-0.2, 0) is 0 Å². The van der Waals surface area contributed by atoms with Crippen LogP contribution in [0, 0.1) is 17.8 Å². The summed E-state index contributed by atoms with van der Waals surface area (Å²) in [6.07, 6.45) is 18.2. The molecule has 20 heavy (non-hydrogen) atoms. The Morgan fingerprint density at radius 2 is 2.00 bits per heavy atom. The molecule has 1 heterocycles. The van der Waals surface area contributed by atoms with E-state index in [4.69, 9.17) is 0 Å². The van der Waals surface area contributed by atoms with Gasteiger partial charge >= 0.3 is 0 Å². The first-order valence-electron chi connectivity index (χ1n) is 8.06. The molecule has 2 atom stereocenters. The molecule has 1 aliphatic heterocycles. The topological polar surface area (TPSA) is 24.4 Å². The van der Waals surface area contributed by atoms with E-state index in [1.54, 1.807) is 0 Å². The lowest BCUT2D eigenvalue weighted by atomic mass is 9.74. The van der Waals surface area contributed by atoms with Gasteiger partial charge in [-0.1, -0.05) is 38.0 Å². The van der Waals surface area contributed by atoms with Crippen molar-refractivity contribution in [1.29, 1.82) is 0 Å². The molecule has 2 nitrogen and oxygen atoms in total. The van der Waals surface area contributed by atoms with Gasteiger partial charge in [-0.2, -0.15) is 0 Å². The summed E-state index contributed by atoms with van der Waals surface area (Å²) in [7, 11) is 0. The molecule has 0 spiro atoms. The van der Waals surface area contributed by atoms with Crippen molar-refractivity contribution in [3.63, 3.8) is 0 Å². The molecule has 3 aliphatic rings. The Morgan fingerprint density at radius 3 is 2.60 bits per heavy atom. The quantitative estimate of drug-likeness (QED) is 0.798. The van der Waals surface area contributed by atoms with Gasteiger partial charge in [0.15, 0.2) is 0 Å². The monoisotopic (exact) mass is 270 g/mol. The largest absolute Gasteiger partial charge is 0.366 e. The highest BCUT2D eigenvalue weighted by atomic mass is 15.1. The zero-order valence-electron chi connectivity index (χ0n) is 12.7.